The summed E-state index contributed by atoms with van der Waals surface area (Å²) in [5, 5.41) is 10.0. The molecule has 1 saturated heterocycles. The molecule has 0 unspecified atom stereocenters. The summed E-state index contributed by atoms with van der Waals surface area (Å²) in [4.78, 5) is 13.5. The lowest BCUT2D eigenvalue weighted by Gasteiger charge is -2.36. The molecular weight excluding hydrogens is 382 g/mol. The summed E-state index contributed by atoms with van der Waals surface area (Å²) in [5.41, 5.74) is 5.38. The highest BCUT2D eigenvalue weighted by Crippen LogP contribution is 2.45. The summed E-state index contributed by atoms with van der Waals surface area (Å²) in [5.74, 6) is 2.45. The number of aromatic hydroxyl groups is 1. The molecule has 1 aliphatic heterocycles. The van der Waals surface area contributed by atoms with Crippen LogP contribution in [0.2, 0.25) is 0 Å². The van der Waals surface area contributed by atoms with Gasteiger partial charge in [0.05, 0.1) is 0 Å². The van der Waals surface area contributed by atoms with Gasteiger partial charge in [0.25, 0.3) is 0 Å². The van der Waals surface area contributed by atoms with Gasteiger partial charge in [-0.05, 0) is 84.9 Å². The standard InChI is InChI=1S/C28H37NO2/c1-3-20(4-2)17-24-6-5-23-18-26(31)11-12-27(23)28(24)22-7-9-25(10-8-22)29-15-13-21(19-30)14-16-29/h7-12,18-21,24,28,31H,3-6,13-17H2,1-2H3/t24-,28+/m1/s1. The number of fused-ring (bicyclic) bond motifs is 1. The predicted octanol–water partition coefficient (Wildman–Crippen LogP) is 6.33. The molecule has 2 aromatic carbocycles. The van der Waals surface area contributed by atoms with Crippen LogP contribution in [0.5, 0.6) is 5.75 Å². The topological polar surface area (TPSA) is 40.5 Å². The molecule has 2 aromatic rings. The molecule has 3 heteroatoms. The van der Waals surface area contributed by atoms with Crippen molar-refractivity contribution in [2.45, 2.75) is 64.7 Å². The van der Waals surface area contributed by atoms with Crippen LogP contribution in [-0.2, 0) is 11.2 Å². The fraction of sp³-hybridized carbons (Fsp3) is 0.536. The SMILES string of the molecule is CCC(CC)C[C@H]1CCc2cc(O)ccc2[C@H]1c1ccc(N2CCC(C=O)CC2)cc1. The molecule has 3 nitrogen and oxygen atoms in total. The van der Waals surface area contributed by atoms with E-state index in [1.165, 1.54) is 48.1 Å². The van der Waals surface area contributed by atoms with Crippen molar-refractivity contribution in [1.82, 2.24) is 0 Å². The summed E-state index contributed by atoms with van der Waals surface area (Å²) in [6, 6.07) is 15.2. The Kier molecular flexibility index (Phi) is 6.99. The molecule has 166 valence electrons. The first-order chi connectivity index (χ1) is 15.1. The number of hydrogen-bond donors (Lipinski definition) is 1. The first-order valence-electron chi connectivity index (χ1n) is 12.2. The number of phenolic OH excluding ortho intramolecular Hbond substituents is 1. The Balaban J connectivity index is 1.60. The Morgan fingerprint density at radius 2 is 1.74 bits per heavy atom. The van der Waals surface area contributed by atoms with E-state index in [4.69, 9.17) is 0 Å². The zero-order valence-electron chi connectivity index (χ0n) is 19.1. The van der Waals surface area contributed by atoms with Gasteiger partial charge in [-0.3, -0.25) is 0 Å². The van der Waals surface area contributed by atoms with E-state index in [-0.39, 0.29) is 5.92 Å². The molecule has 0 saturated carbocycles. The second-order valence-electron chi connectivity index (χ2n) is 9.63. The normalized spacial score (nSPS) is 21.8. The first-order valence-corrected chi connectivity index (χ1v) is 12.2. The van der Waals surface area contributed by atoms with Crippen LogP contribution in [-0.4, -0.2) is 24.5 Å². The Morgan fingerprint density at radius 3 is 2.39 bits per heavy atom. The summed E-state index contributed by atoms with van der Waals surface area (Å²) in [7, 11) is 0. The van der Waals surface area contributed by atoms with Crippen LogP contribution in [0.3, 0.4) is 0 Å². The molecule has 2 atom stereocenters. The van der Waals surface area contributed by atoms with Gasteiger partial charge < -0.3 is 14.8 Å². The van der Waals surface area contributed by atoms with Crippen LogP contribution in [0.25, 0.3) is 0 Å². The Morgan fingerprint density at radius 1 is 1.03 bits per heavy atom. The minimum absolute atomic E-state index is 0.233. The summed E-state index contributed by atoms with van der Waals surface area (Å²) in [6.45, 7) is 6.57. The Bertz CT molecular complexity index is 863. The smallest absolute Gasteiger partial charge is 0.123 e. The van der Waals surface area contributed by atoms with Crippen molar-refractivity contribution in [2.75, 3.05) is 18.0 Å². The quantitative estimate of drug-likeness (QED) is 0.533. The number of aryl methyl sites for hydroxylation is 1. The van der Waals surface area contributed by atoms with Gasteiger partial charge in [0.15, 0.2) is 0 Å². The average molecular weight is 420 g/mol. The third-order valence-corrected chi connectivity index (χ3v) is 7.86. The molecule has 31 heavy (non-hydrogen) atoms. The highest BCUT2D eigenvalue weighted by molar-refractivity contribution is 5.56. The zero-order chi connectivity index (χ0) is 21.8. The lowest BCUT2D eigenvalue weighted by molar-refractivity contribution is -0.111. The molecule has 0 radical (unpaired) electrons. The van der Waals surface area contributed by atoms with Crippen LogP contribution < -0.4 is 4.90 Å². The monoisotopic (exact) mass is 419 g/mol. The lowest BCUT2D eigenvalue weighted by atomic mass is 9.68. The molecule has 0 spiro atoms. The van der Waals surface area contributed by atoms with E-state index in [1.54, 1.807) is 0 Å². The molecule has 0 amide bonds. The van der Waals surface area contributed by atoms with E-state index >= 15 is 0 Å². The van der Waals surface area contributed by atoms with Gasteiger partial charge >= 0.3 is 0 Å². The van der Waals surface area contributed by atoms with Crippen LogP contribution in [0.4, 0.5) is 5.69 Å². The molecule has 1 N–H and O–H groups in total. The van der Waals surface area contributed by atoms with Crippen molar-refractivity contribution in [2.24, 2.45) is 17.8 Å². The number of phenols is 1. The Labute approximate surface area is 187 Å². The van der Waals surface area contributed by atoms with Crippen molar-refractivity contribution in [3.05, 3.63) is 59.2 Å². The number of rotatable bonds is 7. The average Bonchev–Trinajstić information content (AvgIpc) is 2.82. The number of hydrogen-bond acceptors (Lipinski definition) is 3. The molecule has 1 fully saturated rings. The lowest BCUT2D eigenvalue weighted by Crippen LogP contribution is -2.34. The molecule has 1 heterocycles. The van der Waals surface area contributed by atoms with Crippen molar-refractivity contribution < 1.29 is 9.90 Å². The van der Waals surface area contributed by atoms with Crippen LogP contribution in [0, 0.1) is 17.8 Å². The largest absolute Gasteiger partial charge is 0.508 e. The van der Waals surface area contributed by atoms with Gasteiger partial charge in [-0.1, -0.05) is 44.9 Å². The number of benzene rings is 2. The number of anilines is 1. The second kappa shape index (κ2) is 9.89. The molecule has 0 bridgehead atoms. The highest BCUT2D eigenvalue weighted by atomic mass is 16.3. The third kappa shape index (κ3) is 4.81. The number of carbonyl (C=O) groups excluding carboxylic acids is 1. The van der Waals surface area contributed by atoms with Gasteiger partial charge in [-0.25, -0.2) is 0 Å². The minimum Gasteiger partial charge on any atom is -0.508 e. The van der Waals surface area contributed by atoms with Crippen molar-refractivity contribution in [1.29, 1.82) is 0 Å². The van der Waals surface area contributed by atoms with E-state index < -0.39 is 0 Å². The van der Waals surface area contributed by atoms with E-state index in [0.29, 0.717) is 17.6 Å². The minimum atomic E-state index is 0.233. The number of carbonyl (C=O) groups is 1. The van der Waals surface area contributed by atoms with Gasteiger partial charge in [-0.15, -0.1) is 0 Å². The van der Waals surface area contributed by atoms with Crippen LogP contribution >= 0.6 is 0 Å². The maximum Gasteiger partial charge on any atom is 0.123 e. The predicted molar refractivity (Wildman–Crippen MR) is 128 cm³/mol. The van der Waals surface area contributed by atoms with Gasteiger partial charge in [0, 0.05) is 30.6 Å². The van der Waals surface area contributed by atoms with Crippen molar-refractivity contribution in [3.8, 4) is 5.75 Å². The number of nitrogens with zero attached hydrogens (tertiary/aromatic N) is 1. The summed E-state index contributed by atoms with van der Waals surface area (Å²) >= 11 is 0. The maximum atomic E-state index is 11.1. The van der Waals surface area contributed by atoms with E-state index in [0.717, 1.165) is 44.6 Å². The van der Waals surface area contributed by atoms with Crippen LogP contribution in [0.1, 0.15) is 75.0 Å². The zero-order valence-corrected chi connectivity index (χ0v) is 19.1. The van der Waals surface area contributed by atoms with E-state index in [1.807, 2.05) is 12.1 Å². The second-order valence-corrected chi connectivity index (χ2v) is 9.63. The fourth-order valence-corrected chi connectivity index (χ4v) is 5.82. The molecule has 4 rings (SSSR count). The molecule has 1 aliphatic carbocycles. The van der Waals surface area contributed by atoms with Gasteiger partial charge in [-0.2, -0.15) is 0 Å². The van der Waals surface area contributed by atoms with Gasteiger partial charge in [0.2, 0.25) is 0 Å². The first kappa shape index (κ1) is 21.9. The molecular formula is C28H37NO2. The Hall–Kier alpha value is -2.29. The highest BCUT2D eigenvalue weighted by Gasteiger charge is 2.32. The number of piperidine rings is 1. The van der Waals surface area contributed by atoms with Gasteiger partial charge in [0.1, 0.15) is 12.0 Å². The van der Waals surface area contributed by atoms with E-state index in [2.05, 4.69) is 49.1 Å². The van der Waals surface area contributed by atoms with E-state index in [9.17, 15) is 9.90 Å². The molecule has 2 aliphatic rings. The van der Waals surface area contributed by atoms with Crippen molar-refractivity contribution in [3.63, 3.8) is 0 Å². The summed E-state index contributed by atoms with van der Waals surface area (Å²) in [6.07, 6.45) is 9.07. The fourth-order valence-electron chi connectivity index (χ4n) is 5.82. The van der Waals surface area contributed by atoms with Crippen LogP contribution in [0.15, 0.2) is 42.5 Å². The number of aldehydes is 1. The third-order valence-electron chi connectivity index (χ3n) is 7.86. The van der Waals surface area contributed by atoms with Crippen molar-refractivity contribution >= 4 is 12.0 Å². The maximum absolute atomic E-state index is 11.1. The molecule has 0 aromatic heterocycles. The summed E-state index contributed by atoms with van der Waals surface area (Å²) < 4.78 is 0.